The van der Waals surface area contributed by atoms with Gasteiger partial charge in [0.05, 0.1) is 26.4 Å². The second-order valence-electron chi connectivity index (χ2n) is 28.4. The third kappa shape index (κ3) is 67.0. The van der Waals surface area contributed by atoms with Gasteiger partial charge in [-0.1, -0.05) is 319 Å². The molecular formula is C74H144O17P2. The Balaban J connectivity index is 5.16. The van der Waals surface area contributed by atoms with Crippen LogP contribution < -0.4 is 0 Å². The first-order chi connectivity index (χ1) is 44.6. The molecule has 0 saturated heterocycles. The highest BCUT2D eigenvalue weighted by atomic mass is 31.2. The molecule has 0 aromatic rings. The lowest BCUT2D eigenvalue weighted by Gasteiger charge is -2.21. The molecule has 0 rings (SSSR count). The Morgan fingerprint density at radius 3 is 0.763 bits per heavy atom. The number of aliphatic hydroxyl groups is 1. The summed E-state index contributed by atoms with van der Waals surface area (Å²) in [6.45, 7) is 14.1. The predicted octanol–water partition coefficient (Wildman–Crippen LogP) is 21.3. The molecule has 0 radical (unpaired) electrons. The first-order valence-corrected chi connectivity index (χ1v) is 41.2. The summed E-state index contributed by atoms with van der Waals surface area (Å²) in [5, 5.41) is 10.6. The molecule has 0 aliphatic carbocycles. The summed E-state index contributed by atoms with van der Waals surface area (Å²) in [4.78, 5) is 72.6. The molecule has 0 fully saturated rings. The number of rotatable bonds is 71. The van der Waals surface area contributed by atoms with Crippen molar-refractivity contribution in [1.29, 1.82) is 0 Å². The molecule has 0 spiro atoms. The highest BCUT2D eigenvalue weighted by Crippen LogP contribution is 2.45. The van der Waals surface area contributed by atoms with Crippen molar-refractivity contribution < 1.29 is 80.2 Å². The van der Waals surface area contributed by atoms with E-state index in [0.717, 1.165) is 120 Å². The van der Waals surface area contributed by atoms with E-state index in [0.29, 0.717) is 31.6 Å². The van der Waals surface area contributed by atoms with Gasteiger partial charge in [0.1, 0.15) is 19.3 Å². The number of hydrogen-bond donors (Lipinski definition) is 3. The van der Waals surface area contributed by atoms with Gasteiger partial charge in [-0.25, -0.2) is 9.13 Å². The van der Waals surface area contributed by atoms with Crippen LogP contribution in [0.1, 0.15) is 370 Å². The average molecular weight is 1370 g/mol. The van der Waals surface area contributed by atoms with Crippen molar-refractivity contribution in [1.82, 2.24) is 0 Å². The van der Waals surface area contributed by atoms with Crippen LogP contribution in [0.3, 0.4) is 0 Å². The van der Waals surface area contributed by atoms with Gasteiger partial charge in [-0.2, -0.15) is 0 Å². The van der Waals surface area contributed by atoms with Gasteiger partial charge >= 0.3 is 39.5 Å². The van der Waals surface area contributed by atoms with Gasteiger partial charge in [0.15, 0.2) is 12.2 Å². The zero-order valence-corrected chi connectivity index (χ0v) is 62.7. The third-order valence-corrected chi connectivity index (χ3v) is 19.3. The van der Waals surface area contributed by atoms with E-state index in [1.165, 1.54) is 161 Å². The van der Waals surface area contributed by atoms with Crippen molar-refractivity contribution in [2.45, 2.75) is 388 Å². The fourth-order valence-electron chi connectivity index (χ4n) is 11.2. The standard InChI is InChI=1S/C74H144O17P2/c1-9-67(8)53-45-37-31-33-39-47-55-72(77)85-61-70(91-74(79)57-49-41-29-25-21-20-23-27-35-43-51-65(4)5)63-89-93(82,83)87-59-68(75)58-86-92(80,81)88-62-69(60-84-71(76)54-46-38-32-30-36-44-52-66(6)7)90-73(78)56-48-40-28-24-19-17-15-13-11-10-12-14-16-18-22-26-34-42-50-64(2)3/h64-70,75H,9-63H2,1-8H3,(H,80,81)(H,82,83)/t67?,68-,69-,70-/m1/s1. The Morgan fingerprint density at radius 2 is 0.516 bits per heavy atom. The topological polar surface area (TPSA) is 237 Å². The number of aliphatic hydroxyl groups excluding tert-OH is 1. The lowest BCUT2D eigenvalue weighted by Crippen LogP contribution is -2.30. The molecule has 0 aromatic carbocycles. The number of esters is 4. The first-order valence-electron chi connectivity index (χ1n) is 38.2. The molecule has 0 bridgehead atoms. The van der Waals surface area contributed by atoms with E-state index in [1.54, 1.807) is 0 Å². The summed E-state index contributed by atoms with van der Waals surface area (Å²) in [7, 11) is -9.91. The van der Waals surface area contributed by atoms with E-state index in [1.807, 2.05) is 0 Å². The largest absolute Gasteiger partial charge is 0.472 e. The van der Waals surface area contributed by atoms with Crippen LogP contribution in [0.15, 0.2) is 0 Å². The highest BCUT2D eigenvalue weighted by molar-refractivity contribution is 7.47. The Labute approximate surface area is 568 Å². The molecular weight excluding hydrogens is 1220 g/mol. The number of carbonyl (C=O) groups is 4. The molecule has 0 saturated carbocycles. The Hall–Kier alpha value is -1.94. The van der Waals surface area contributed by atoms with Gasteiger partial charge in [-0.3, -0.25) is 37.3 Å². The van der Waals surface area contributed by atoms with E-state index in [4.69, 9.17) is 37.0 Å². The molecule has 19 heteroatoms. The average Bonchev–Trinajstić information content (AvgIpc) is 1.64. The molecule has 6 atom stereocenters. The fraction of sp³-hybridized carbons (Fsp3) is 0.946. The first kappa shape index (κ1) is 91.1. The Morgan fingerprint density at radius 1 is 0.301 bits per heavy atom. The summed E-state index contributed by atoms with van der Waals surface area (Å²) in [5.41, 5.74) is 0. The highest BCUT2D eigenvalue weighted by Gasteiger charge is 2.30. The maximum Gasteiger partial charge on any atom is 0.472 e. The fourth-order valence-corrected chi connectivity index (χ4v) is 12.7. The second-order valence-corrected chi connectivity index (χ2v) is 31.3. The number of phosphoric ester groups is 2. The SMILES string of the molecule is CCC(C)CCCCCCCCC(=O)OC[C@H](COP(=O)(O)OC[C@H](O)COP(=O)(O)OC[C@@H](COC(=O)CCCCCCCCC(C)C)OC(=O)CCCCCCCCCCCCCCCCCCCCC(C)C)OC(=O)CCCCCCCCCCCCC(C)C. The molecule has 552 valence electrons. The number of ether oxygens (including phenoxy) is 4. The van der Waals surface area contributed by atoms with Crippen molar-refractivity contribution in [3.05, 3.63) is 0 Å². The zero-order valence-electron chi connectivity index (χ0n) is 60.9. The van der Waals surface area contributed by atoms with Crippen LogP contribution in [0, 0.1) is 23.7 Å². The van der Waals surface area contributed by atoms with Crippen molar-refractivity contribution in [2.75, 3.05) is 39.6 Å². The molecule has 93 heavy (non-hydrogen) atoms. The number of hydrogen-bond acceptors (Lipinski definition) is 15. The summed E-state index contributed by atoms with van der Waals surface area (Å²) in [5.74, 6) is 0.854. The van der Waals surface area contributed by atoms with Gasteiger partial charge in [0.2, 0.25) is 0 Å². The Bertz CT molecular complexity index is 1840. The van der Waals surface area contributed by atoms with Crippen molar-refractivity contribution in [3.8, 4) is 0 Å². The zero-order chi connectivity index (χ0) is 68.9. The van der Waals surface area contributed by atoms with Crippen LogP contribution in [0.25, 0.3) is 0 Å². The minimum absolute atomic E-state index is 0.104. The van der Waals surface area contributed by atoms with Crippen LogP contribution in [-0.2, 0) is 65.4 Å². The van der Waals surface area contributed by atoms with Crippen molar-refractivity contribution in [3.63, 3.8) is 0 Å². The third-order valence-electron chi connectivity index (χ3n) is 17.4. The summed E-state index contributed by atoms with van der Waals surface area (Å²) in [6.07, 6.45) is 47.5. The summed E-state index contributed by atoms with van der Waals surface area (Å²) < 4.78 is 68.4. The van der Waals surface area contributed by atoms with Crippen molar-refractivity contribution >= 4 is 39.5 Å². The number of phosphoric acid groups is 2. The van der Waals surface area contributed by atoms with E-state index < -0.39 is 97.5 Å². The number of carbonyl (C=O) groups excluding carboxylic acids is 4. The molecule has 0 aliphatic rings. The van der Waals surface area contributed by atoms with Crippen LogP contribution >= 0.6 is 15.6 Å². The summed E-state index contributed by atoms with van der Waals surface area (Å²) in [6, 6.07) is 0. The second kappa shape index (κ2) is 63.5. The normalized spacial score (nSPS) is 14.5. The van der Waals surface area contributed by atoms with Gasteiger partial charge < -0.3 is 33.8 Å². The lowest BCUT2D eigenvalue weighted by atomic mass is 10.00. The van der Waals surface area contributed by atoms with Crippen molar-refractivity contribution in [2.24, 2.45) is 23.7 Å². The minimum Gasteiger partial charge on any atom is -0.462 e. The van der Waals surface area contributed by atoms with E-state index >= 15 is 0 Å². The van der Waals surface area contributed by atoms with Gasteiger partial charge in [0, 0.05) is 25.7 Å². The number of unbranched alkanes of at least 4 members (excludes halogenated alkanes) is 36. The molecule has 3 N–H and O–H groups in total. The maximum atomic E-state index is 13.0. The van der Waals surface area contributed by atoms with Crippen LogP contribution in [0.4, 0.5) is 0 Å². The van der Waals surface area contributed by atoms with Gasteiger partial charge in [-0.05, 0) is 49.4 Å². The van der Waals surface area contributed by atoms with E-state index in [2.05, 4.69) is 55.4 Å². The molecule has 0 heterocycles. The molecule has 0 aliphatic heterocycles. The monoisotopic (exact) mass is 1370 g/mol. The van der Waals surface area contributed by atoms with Crippen LogP contribution in [0.5, 0.6) is 0 Å². The predicted molar refractivity (Wildman–Crippen MR) is 377 cm³/mol. The molecule has 17 nitrogen and oxygen atoms in total. The van der Waals surface area contributed by atoms with Crippen LogP contribution in [-0.4, -0.2) is 96.7 Å². The molecule has 3 unspecified atom stereocenters. The smallest absolute Gasteiger partial charge is 0.462 e. The van der Waals surface area contributed by atoms with Crippen LogP contribution in [0.2, 0.25) is 0 Å². The lowest BCUT2D eigenvalue weighted by molar-refractivity contribution is -0.161. The minimum atomic E-state index is -4.95. The van der Waals surface area contributed by atoms with E-state index in [9.17, 15) is 43.2 Å². The molecule has 0 aromatic heterocycles. The van der Waals surface area contributed by atoms with Gasteiger partial charge in [0.25, 0.3) is 0 Å². The quantitative estimate of drug-likeness (QED) is 0.0222. The van der Waals surface area contributed by atoms with E-state index in [-0.39, 0.29) is 25.7 Å². The maximum absolute atomic E-state index is 13.0. The summed E-state index contributed by atoms with van der Waals surface area (Å²) >= 11 is 0. The Kier molecular flexibility index (Phi) is 62.2. The molecule has 0 amide bonds. The van der Waals surface area contributed by atoms with Gasteiger partial charge in [-0.15, -0.1) is 0 Å².